The summed E-state index contributed by atoms with van der Waals surface area (Å²) >= 11 is 4.84. The quantitative estimate of drug-likeness (QED) is 0.847. The summed E-state index contributed by atoms with van der Waals surface area (Å²) in [6, 6.07) is 7.53. The number of nitrogens with one attached hydrogen (secondary N) is 1. The first-order valence-electron chi connectivity index (χ1n) is 6.72. The molecule has 1 fully saturated rings. The Bertz CT molecular complexity index is 643. The predicted octanol–water partition coefficient (Wildman–Crippen LogP) is 3.59. The Hall–Kier alpha value is -1.47. The van der Waals surface area contributed by atoms with Crippen LogP contribution in [0.25, 0.3) is 0 Å². The topological polar surface area (TPSA) is 64.1 Å². The van der Waals surface area contributed by atoms with Gasteiger partial charge in [0, 0.05) is 10.4 Å². The molecule has 1 heterocycles. The zero-order valence-electron chi connectivity index (χ0n) is 11.2. The Labute approximate surface area is 134 Å². The van der Waals surface area contributed by atoms with Crippen molar-refractivity contribution in [2.24, 2.45) is 0 Å². The molecule has 1 amide bonds. The first-order valence-corrected chi connectivity index (χ1v) is 8.33. The number of benzene rings is 1. The fourth-order valence-electron chi connectivity index (χ4n) is 1.78. The van der Waals surface area contributed by atoms with E-state index in [2.05, 4.69) is 31.4 Å². The number of carbonyl (C=O) groups excluding carboxylic acids is 1. The van der Waals surface area contributed by atoms with Crippen LogP contribution in [-0.4, -0.2) is 22.7 Å². The molecule has 0 spiro atoms. The van der Waals surface area contributed by atoms with Crippen LogP contribution in [0.1, 0.15) is 30.2 Å². The van der Waals surface area contributed by atoms with Gasteiger partial charge in [0.15, 0.2) is 0 Å². The molecule has 21 heavy (non-hydrogen) atoms. The molecule has 0 saturated heterocycles. The van der Waals surface area contributed by atoms with E-state index in [-0.39, 0.29) is 12.3 Å². The van der Waals surface area contributed by atoms with Crippen molar-refractivity contribution in [1.29, 1.82) is 0 Å². The number of carbonyl (C=O) groups is 1. The molecule has 1 aromatic carbocycles. The highest BCUT2D eigenvalue weighted by molar-refractivity contribution is 9.10. The minimum Gasteiger partial charge on any atom is -0.493 e. The van der Waals surface area contributed by atoms with Crippen molar-refractivity contribution in [2.45, 2.75) is 25.2 Å². The highest BCUT2D eigenvalue weighted by Crippen LogP contribution is 2.42. The molecule has 1 aromatic heterocycles. The Balaban J connectivity index is 1.43. The number of halogens is 1. The van der Waals surface area contributed by atoms with Crippen molar-refractivity contribution in [1.82, 2.24) is 10.2 Å². The van der Waals surface area contributed by atoms with Gasteiger partial charge in [0.2, 0.25) is 11.0 Å². The summed E-state index contributed by atoms with van der Waals surface area (Å²) in [6.07, 6.45) is 2.65. The standard InChI is InChI=1S/C14H14BrN3O2S/c15-10-2-1-3-11(8-10)20-7-6-12(19)16-14-18-17-13(21-14)9-4-5-9/h1-3,8-9H,4-7H2,(H,16,18,19). The lowest BCUT2D eigenvalue weighted by atomic mass is 10.3. The average Bonchev–Trinajstić information content (AvgIpc) is 3.20. The van der Waals surface area contributed by atoms with Crippen LogP contribution < -0.4 is 10.1 Å². The molecule has 0 radical (unpaired) electrons. The van der Waals surface area contributed by atoms with Crippen LogP contribution in [0, 0.1) is 0 Å². The first-order chi connectivity index (χ1) is 10.2. The third kappa shape index (κ3) is 4.25. The molecule has 0 atom stereocenters. The zero-order valence-corrected chi connectivity index (χ0v) is 13.6. The van der Waals surface area contributed by atoms with E-state index in [0.29, 0.717) is 17.7 Å². The van der Waals surface area contributed by atoms with Gasteiger partial charge in [-0.1, -0.05) is 33.3 Å². The lowest BCUT2D eigenvalue weighted by Crippen LogP contribution is -2.15. The van der Waals surface area contributed by atoms with Gasteiger partial charge in [-0.25, -0.2) is 0 Å². The van der Waals surface area contributed by atoms with Gasteiger partial charge in [-0.15, -0.1) is 10.2 Å². The maximum Gasteiger partial charge on any atom is 0.229 e. The van der Waals surface area contributed by atoms with E-state index in [1.165, 1.54) is 24.2 Å². The first kappa shape index (κ1) is 14.5. The monoisotopic (exact) mass is 367 g/mol. The summed E-state index contributed by atoms with van der Waals surface area (Å²) in [4.78, 5) is 11.8. The van der Waals surface area contributed by atoms with Crippen LogP contribution >= 0.6 is 27.3 Å². The summed E-state index contributed by atoms with van der Waals surface area (Å²) in [7, 11) is 0. The van der Waals surface area contributed by atoms with Crippen LogP contribution in [0.15, 0.2) is 28.7 Å². The van der Waals surface area contributed by atoms with Crippen molar-refractivity contribution >= 4 is 38.3 Å². The number of hydrogen-bond acceptors (Lipinski definition) is 5. The summed E-state index contributed by atoms with van der Waals surface area (Å²) in [5.41, 5.74) is 0. The number of ether oxygens (including phenoxy) is 1. The van der Waals surface area contributed by atoms with Gasteiger partial charge < -0.3 is 10.1 Å². The van der Waals surface area contributed by atoms with Gasteiger partial charge in [0.1, 0.15) is 10.8 Å². The van der Waals surface area contributed by atoms with Crippen molar-refractivity contribution < 1.29 is 9.53 Å². The van der Waals surface area contributed by atoms with Gasteiger partial charge in [-0.3, -0.25) is 4.79 Å². The molecular formula is C14H14BrN3O2S. The molecule has 110 valence electrons. The lowest BCUT2D eigenvalue weighted by molar-refractivity contribution is -0.116. The largest absolute Gasteiger partial charge is 0.493 e. The predicted molar refractivity (Wildman–Crippen MR) is 84.8 cm³/mol. The van der Waals surface area contributed by atoms with E-state index in [0.717, 1.165) is 15.2 Å². The van der Waals surface area contributed by atoms with Crippen molar-refractivity contribution in [3.8, 4) is 5.75 Å². The second-order valence-corrected chi connectivity index (χ2v) is 6.75. The van der Waals surface area contributed by atoms with Crippen molar-refractivity contribution in [2.75, 3.05) is 11.9 Å². The van der Waals surface area contributed by atoms with Gasteiger partial charge in [-0.2, -0.15) is 0 Å². The fraction of sp³-hybridized carbons (Fsp3) is 0.357. The Morgan fingerprint density at radius 1 is 1.43 bits per heavy atom. The lowest BCUT2D eigenvalue weighted by Gasteiger charge is -2.06. The van der Waals surface area contributed by atoms with E-state index in [1.54, 1.807) is 0 Å². The van der Waals surface area contributed by atoms with Crippen molar-refractivity contribution in [3.05, 3.63) is 33.7 Å². The van der Waals surface area contributed by atoms with Crippen LogP contribution in [0.4, 0.5) is 5.13 Å². The number of amides is 1. The third-order valence-electron chi connectivity index (χ3n) is 3.01. The van der Waals surface area contributed by atoms with E-state index in [4.69, 9.17) is 4.74 Å². The second-order valence-electron chi connectivity index (χ2n) is 4.82. The summed E-state index contributed by atoms with van der Waals surface area (Å²) < 4.78 is 6.48. The highest BCUT2D eigenvalue weighted by Gasteiger charge is 2.27. The minimum absolute atomic E-state index is 0.108. The molecule has 1 saturated carbocycles. The molecule has 1 aliphatic rings. The number of nitrogens with zero attached hydrogens (tertiary/aromatic N) is 2. The molecule has 0 unspecified atom stereocenters. The smallest absolute Gasteiger partial charge is 0.229 e. The maximum absolute atomic E-state index is 11.8. The zero-order chi connectivity index (χ0) is 14.7. The highest BCUT2D eigenvalue weighted by atomic mass is 79.9. The van der Waals surface area contributed by atoms with Gasteiger partial charge in [-0.05, 0) is 31.0 Å². The van der Waals surface area contributed by atoms with Gasteiger partial charge in [0.05, 0.1) is 13.0 Å². The number of anilines is 1. The summed E-state index contributed by atoms with van der Waals surface area (Å²) in [5.74, 6) is 1.20. The van der Waals surface area contributed by atoms with Crippen LogP contribution in [0.3, 0.4) is 0 Å². The summed E-state index contributed by atoms with van der Waals surface area (Å²) in [6.45, 7) is 0.330. The van der Waals surface area contributed by atoms with E-state index >= 15 is 0 Å². The Kier molecular flexibility index (Phi) is 4.50. The van der Waals surface area contributed by atoms with Crippen LogP contribution in [-0.2, 0) is 4.79 Å². The second kappa shape index (κ2) is 6.53. The van der Waals surface area contributed by atoms with Gasteiger partial charge in [0.25, 0.3) is 0 Å². The van der Waals surface area contributed by atoms with Crippen molar-refractivity contribution in [3.63, 3.8) is 0 Å². The number of rotatable bonds is 6. The van der Waals surface area contributed by atoms with E-state index in [9.17, 15) is 4.79 Å². The van der Waals surface area contributed by atoms with Gasteiger partial charge >= 0.3 is 0 Å². The maximum atomic E-state index is 11.8. The minimum atomic E-state index is -0.108. The molecule has 5 nitrogen and oxygen atoms in total. The van der Waals surface area contributed by atoms with Crippen LogP contribution in [0.5, 0.6) is 5.75 Å². The summed E-state index contributed by atoms with van der Waals surface area (Å²) in [5, 5.41) is 12.4. The molecule has 2 aromatic rings. The number of hydrogen-bond donors (Lipinski definition) is 1. The molecular weight excluding hydrogens is 354 g/mol. The average molecular weight is 368 g/mol. The van der Waals surface area contributed by atoms with E-state index in [1.807, 2.05) is 24.3 Å². The third-order valence-corrected chi connectivity index (χ3v) is 4.50. The molecule has 1 aliphatic carbocycles. The molecule has 1 N–H and O–H groups in total. The Morgan fingerprint density at radius 2 is 2.29 bits per heavy atom. The van der Waals surface area contributed by atoms with E-state index < -0.39 is 0 Å². The number of aromatic nitrogens is 2. The molecule has 0 bridgehead atoms. The molecule has 7 heteroatoms. The molecule has 3 rings (SSSR count). The molecule has 0 aliphatic heterocycles. The normalized spacial score (nSPS) is 14.0. The SMILES string of the molecule is O=C(CCOc1cccc(Br)c1)Nc1nnc(C2CC2)s1. The Morgan fingerprint density at radius 3 is 3.05 bits per heavy atom. The van der Waals surface area contributed by atoms with Crippen LogP contribution in [0.2, 0.25) is 0 Å². The fourth-order valence-corrected chi connectivity index (χ4v) is 3.09.